The number of phosphoric acid groups is 2. The largest absolute Gasteiger partial charge is 0.472 e. The van der Waals surface area contributed by atoms with Gasteiger partial charge in [-0.3, -0.25) is 28.0 Å². The summed E-state index contributed by atoms with van der Waals surface area (Å²) in [4.78, 5) is 66.3. The quantitative estimate of drug-likeness (QED) is 0.00780. The highest BCUT2D eigenvalue weighted by atomic mass is 31.2. The van der Waals surface area contributed by atoms with Gasteiger partial charge in [-0.1, -0.05) is 121 Å². The van der Waals surface area contributed by atoms with E-state index < -0.39 is 83.5 Å². The number of rotatable bonds is 38. The minimum absolute atomic E-state index is 0.00190. The number of phosphoric ester groups is 2. The molecule has 5 unspecified atom stereocenters. The molecule has 0 aromatic carbocycles. The Bertz CT molecular complexity index is 1490. The summed E-state index contributed by atoms with van der Waals surface area (Å²) in [6.45, 7) is 2.90. The number of hydrogen-bond acceptors (Lipinski definition) is 14. The molecule has 1 rings (SSSR count). The van der Waals surface area contributed by atoms with Crippen molar-refractivity contribution in [2.75, 3.05) is 13.2 Å². The molecule has 1 aliphatic carbocycles. The van der Waals surface area contributed by atoms with Gasteiger partial charge in [-0.25, -0.2) is 9.13 Å². The van der Waals surface area contributed by atoms with Crippen LogP contribution < -0.4 is 0 Å². The van der Waals surface area contributed by atoms with Gasteiger partial charge in [0.05, 0.1) is 6.61 Å². The van der Waals surface area contributed by atoms with Gasteiger partial charge in [0.25, 0.3) is 0 Å². The van der Waals surface area contributed by atoms with Crippen molar-refractivity contribution in [2.45, 2.75) is 204 Å². The standard InChI is InChI=1S/C45H78O17P2/c1-3-5-7-9-11-12-13-14-15-16-17-18-20-24-29-33-39(48)60-37(34-58-38(47)32-28-25-21-23-27-31-36(46)30-26-22-19-10-8-6-4-2)35-59-64(56,57)62-45-42(51)40(49)41(50)44(43(45)52)61-63(53,54)55/h11-12,14-15,19,22,26,30,37,40-45,49-52H,3-10,13,16-18,20-21,23-25,27-29,31-35H2,1-2H3,(H,56,57)(H2,53,54,55)/b12-11-,15-14-,22-19-,30-26+/t37-,40?,41?,42?,43?,44-,45+/m1/s1. The second kappa shape index (κ2) is 35.8. The zero-order chi connectivity index (χ0) is 47.6. The number of allylic oxidation sites excluding steroid dienone is 8. The van der Waals surface area contributed by atoms with E-state index in [0.29, 0.717) is 25.7 Å². The molecule has 1 saturated carbocycles. The summed E-state index contributed by atoms with van der Waals surface area (Å²) in [6.07, 6.45) is 20.3. The molecule has 0 aliphatic heterocycles. The lowest BCUT2D eigenvalue weighted by molar-refractivity contribution is -0.216. The van der Waals surface area contributed by atoms with Gasteiger partial charge in [-0.2, -0.15) is 0 Å². The summed E-state index contributed by atoms with van der Waals surface area (Å²) in [6, 6.07) is 0. The normalized spacial score (nSPS) is 22.1. The molecule has 0 heterocycles. The summed E-state index contributed by atoms with van der Waals surface area (Å²) in [5.74, 6) is -1.26. The first-order chi connectivity index (χ1) is 30.5. The van der Waals surface area contributed by atoms with Gasteiger partial charge in [-0.05, 0) is 70.3 Å². The van der Waals surface area contributed by atoms with Crippen molar-refractivity contribution in [1.29, 1.82) is 0 Å². The van der Waals surface area contributed by atoms with Gasteiger partial charge in [0, 0.05) is 19.3 Å². The van der Waals surface area contributed by atoms with E-state index in [1.54, 1.807) is 12.2 Å². The molecular formula is C45H78O17P2. The van der Waals surface area contributed by atoms with Crippen LogP contribution in [0.5, 0.6) is 0 Å². The van der Waals surface area contributed by atoms with Crippen LogP contribution in [-0.2, 0) is 46.6 Å². The molecule has 0 aromatic heterocycles. The first kappa shape index (κ1) is 59.6. The molecule has 0 aromatic rings. The Hall–Kier alpha value is -2.37. The van der Waals surface area contributed by atoms with Crippen molar-refractivity contribution in [1.82, 2.24) is 0 Å². The summed E-state index contributed by atoms with van der Waals surface area (Å²) in [7, 11) is -10.7. The molecule has 370 valence electrons. The number of unbranched alkanes of at least 4 members (excludes halogenated alkanes) is 15. The van der Waals surface area contributed by atoms with Crippen molar-refractivity contribution >= 4 is 33.4 Å². The highest BCUT2D eigenvalue weighted by molar-refractivity contribution is 7.47. The van der Waals surface area contributed by atoms with Crippen molar-refractivity contribution in [3.63, 3.8) is 0 Å². The maximum absolute atomic E-state index is 13.0. The fourth-order valence-corrected chi connectivity index (χ4v) is 8.22. The van der Waals surface area contributed by atoms with E-state index in [4.69, 9.17) is 28.3 Å². The third-order valence-corrected chi connectivity index (χ3v) is 11.9. The Morgan fingerprint density at radius 3 is 1.62 bits per heavy atom. The maximum atomic E-state index is 13.0. The van der Waals surface area contributed by atoms with Crippen LogP contribution in [0.3, 0.4) is 0 Å². The fraction of sp³-hybridized carbons (Fsp3) is 0.756. The molecule has 0 saturated heterocycles. The predicted molar refractivity (Wildman–Crippen MR) is 242 cm³/mol. The van der Waals surface area contributed by atoms with Crippen LogP contribution in [0, 0.1) is 0 Å². The highest BCUT2D eigenvalue weighted by Crippen LogP contribution is 2.49. The van der Waals surface area contributed by atoms with E-state index in [9.17, 15) is 48.8 Å². The lowest BCUT2D eigenvalue weighted by atomic mass is 9.85. The van der Waals surface area contributed by atoms with Crippen LogP contribution in [0.2, 0.25) is 0 Å². The Labute approximate surface area is 380 Å². The molecule has 64 heavy (non-hydrogen) atoms. The van der Waals surface area contributed by atoms with Gasteiger partial charge in [0.2, 0.25) is 0 Å². The van der Waals surface area contributed by atoms with Gasteiger partial charge in [0.15, 0.2) is 11.9 Å². The topological polar surface area (TPSA) is 273 Å². The van der Waals surface area contributed by atoms with E-state index in [1.165, 1.54) is 25.7 Å². The van der Waals surface area contributed by atoms with E-state index >= 15 is 0 Å². The van der Waals surface area contributed by atoms with Gasteiger partial charge in [0.1, 0.15) is 43.2 Å². The Morgan fingerprint density at radius 2 is 1.05 bits per heavy atom. The van der Waals surface area contributed by atoms with Crippen molar-refractivity contribution < 1.29 is 81.7 Å². The smallest absolute Gasteiger partial charge is 0.462 e. The zero-order valence-electron chi connectivity index (χ0n) is 37.9. The fourth-order valence-electron chi connectivity index (χ4n) is 6.68. The predicted octanol–water partition coefficient (Wildman–Crippen LogP) is 7.68. The minimum atomic E-state index is -5.38. The molecule has 0 amide bonds. The Kier molecular flexibility index (Phi) is 33.3. The highest BCUT2D eigenvalue weighted by Gasteiger charge is 2.54. The number of hydrogen-bond donors (Lipinski definition) is 7. The van der Waals surface area contributed by atoms with Crippen LogP contribution in [-0.4, -0.2) is 109 Å². The number of ether oxygens (including phenoxy) is 2. The monoisotopic (exact) mass is 952 g/mol. The molecule has 8 atom stereocenters. The van der Waals surface area contributed by atoms with E-state index in [-0.39, 0.29) is 18.6 Å². The first-order valence-electron chi connectivity index (χ1n) is 23.1. The zero-order valence-corrected chi connectivity index (χ0v) is 39.7. The molecule has 0 bridgehead atoms. The first-order valence-corrected chi connectivity index (χ1v) is 26.2. The molecule has 17 nitrogen and oxygen atoms in total. The molecule has 19 heteroatoms. The van der Waals surface area contributed by atoms with Crippen LogP contribution in [0.15, 0.2) is 48.6 Å². The van der Waals surface area contributed by atoms with Crippen molar-refractivity contribution in [3.05, 3.63) is 48.6 Å². The van der Waals surface area contributed by atoms with E-state index in [0.717, 1.165) is 83.5 Å². The van der Waals surface area contributed by atoms with Gasteiger partial charge in [-0.15, -0.1) is 0 Å². The maximum Gasteiger partial charge on any atom is 0.472 e. The van der Waals surface area contributed by atoms with E-state index in [1.807, 2.05) is 6.08 Å². The van der Waals surface area contributed by atoms with Crippen LogP contribution in [0.25, 0.3) is 0 Å². The number of aliphatic hydroxyl groups excluding tert-OH is 4. The lowest BCUT2D eigenvalue weighted by Gasteiger charge is -2.43. The van der Waals surface area contributed by atoms with E-state index in [2.05, 4.69) is 48.8 Å². The summed E-state index contributed by atoms with van der Waals surface area (Å²) >= 11 is 0. The number of carbonyl (C=O) groups is 3. The molecular weight excluding hydrogens is 874 g/mol. The van der Waals surface area contributed by atoms with Crippen LogP contribution in [0.4, 0.5) is 0 Å². The lowest BCUT2D eigenvalue weighted by Crippen LogP contribution is -2.64. The number of ketones is 1. The summed E-state index contributed by atoms with van der Waals surface area (Å²) in [5.41, 5.74) is 0. The molecule has 0 spiro atoms. The Balaban J connectivity index is 2.65. The number of esters is 2. The minimum Gasteiger partial charge on any atom is -0.462 e. The van der Waals surface area contributed by atoms with Crippen molar-refractivity contribution in [2.24, 2.45) is 0 Å². The molecule has 7 N–H and O–H groups in total. The number of aliphatic hydroxyl groups is 4. The van der Waals surface area contributed by atoms with Gasteiger partial charge >= 0.3 is 27.6 Å². The average Bonchev–Trinajstić information content (AvgIpc) is 3.24. The van der Waals surface area contributed by atoms with Gasteiger partial charge < -0.3 is 44.6 Å². The third-order valence-electron chi connectivity index (χ3n) is 10.4. The molecule has 0 radical (unpaired) electrons. The SMILES string of the molecule is CCCCC/C=C\C=C\C(=O)CCCCCCCC(=O)OC[C@H](COP(=O)(O)O[C@H]1C(O)C(O)C(O)[C@@H](OP(=O)(O)O)C1O)OC(=O)CCCCCCC/C=C\C/C=C\CCCCC. The van der Waals surface area contributed by atoms with Crippen LogP contribution >= 0.6 is 15.6 Å². The average molecular weight is 953 g/mol. The molecule has 1 fully saturated rings. The molecule has 1 aliphatic rings. The second-order valence-corrected chi connectivity index (χ2v) is 18.7. The second-order valence-electron chi connectivity index (χ2n) is 16.2. The summed E-state index contributed by atoms with van der Waals surface area (Å²) < 4.78 is 49.2. The van der Waals surface area contributed by atoms with Crippen molar-refractivity contribution in [3.8, 4) is 0 Å². The number of carbonyl (C=O) groups excluding carboxylic acids is 3. The Morgan fingerprint density at radius 1 is 0.547 bits per heavy atom. The third kappa shape index (κ3) is 30.0. The summed E-state index contributed by atoms with van der Waals surface area (Å²) in [5, 5.41) is 41.2. The van der Waals surface area contributed by atoms with Crippen LogP contribution in [0.1, 0.15) is 162 Å².